The Morgan fingerprint density at radius 3 is 2.03 bits per heavy atom. The zero-order chi connectivity index (χ0) is 21.8. The van der Waals surface area contributed by atoms with Crippen molar-refractivity contribution in [3.8, 4) is 0 Å². The minimum atomic E-state index is -0.125. The summed E-state index contributed by atoms with van der Waals surface area (Å²) in [6.07, 6.45) is 0. The van der Waals surface area contributed by atoms with Gasteiger partial charge in [-0.05, 0) is 38.4 Å². The first-order valence-electron chi connectivity index (χ1n) is 10.0. The summed E-state index contributed by atoms with van der Waals surface area (Å²) in [4.78, 5) is 34.5. The molecular formula is C25H24ClN3O2S. The lowest BCUT2D eigenvalue weighted by atomic mass is 10.0. The van der Waals surface area contributed by atoms with Crippen LogP contribution in [0.3, 0.4) is 0 Å². The summed E-state index contributed by atoms with van der Waals surface area (Å²) < 4.78 is 1.05. The van der Waals surface area contributed by atoms with E-state index >= 15 is 0 Å². The fourth-order valence-corrected chi connectivity index (χ4v) is 4.23. The van der Waals surface area contributed by atoms with E-state index in [1.165, 1.54) is 11.3 Å². The normalized spacial score (nSPS) is 10.7. The van der Waals surface area contributed by atoms with Gasteiger partial charge in [-0.1, -0.05) is 65.9 Å². The number of thiazole rings is 1. The lowest BCUT2D eigenvalue weighted by Gasteiger charge is -2.22. The lowest BCUT2D eigenvalue weighted by Crippen LogP contribution is -2.36. The molecule has 4 rings (SSSR count). The number of halogens is 1. The van der Waals surface area contributed by atoms with Crippen LogP contribution < -0.4 is 4.90 Å². The van der Waals surface area contributed by atoms with Crippen LogP contribution >= 0.6 is 23.7 Å². The van der Waals surface area contributed by atoms with E-state index in [0.717, 1.165) is 10.2 Å². The van der Waals surface area contributed by atoms with Crippen molar-refractivity contribution in [1.29, 1.82) is 0 Å². The Labute approximate surface area is 197 Å². The summed E-state index contributed by atoms with van der Waals surface area (Å²) in [5.41, 5.74) is 2.60. The fourth-order valence-electron chi connectivity index (χ4n) is 3.24. The van der Waals surface area contributed by atoms with Crippen LogP contribution in [0.25, 0.3) is 10.2 Å². The van der Waals surface area contributed by atoms with Crippen molar-refractivity contribution in [1.82, 2.24) is 9.88 Å². The largest absolute Gasteiger partial charge is 0.308 e. The van der Waals surface area contributed by atoms with Crippen LogP contribution in [-0.4, -0.2) is 48.8 Å². The van der Waals surface area contributed by atoms with Crippen LogP contribution in [0.15, 0.2) is 78.9 Å². The molecule has 164 valence electrons. The van der Waals surface area contributed by atoms with E-state index in [-0.39, 0.29) is 24.1 Å². The van der Waals surface area contributed by atoms with Crippen LogP contribution in [0, 0.1) is 0 Å². The van der Waals surface area contributed by atoms with Gasteiger partial charge in [-0.15, -0.1) is 12.4 Å². The molecule has 0 spiro atoms. The monoisotopic (exact) mass is 465 g/mol. The Morgan fingerprint density at radius 2 is 1.38 bits per heavy atom. The summed E-state index contributed by atoms with van der Waals surface area (Å²) in [7, 11) is 3.95. The van der Waals surface area contributed by atoms with Crippen LogP contribution in [0.2, 0.25) is 0 Å². The van der Waals surface area contributed by atoms with Crippen molar-refractivity contribution < 1.29 is 9.59 Å². The zero-order valence-corrected chi connectivity index (χ0v) is 19.5. The average molecular weight is 466 g/mol. The van der Waals surface area contributed by atoms with Gasteiger partial charge in [0.15, 0.2) is 10.9 Å². The molecule has 0 atom stereocenters. The van der Waals surface area contributed by atoms with Gasteiger partial charge in [0.1, 0.15) is 0 Å². The number of hydrogen-bond donors (Lipinski definition) is 0. The first-order valence-corrected chi connectivity index (χ1v) is 10.9. The highest BCUT2D eigenvalue weighted by Crippen LogP contribution is 2.29. The van der Waals surface area contributed by atoms with Gasteiger partial charge in [0.25, 0.3) is 5.91 Å². The molecule has 0 radical (unpaired) electrons. The molecular weight excluding hydrogens is 442 g/mol. The second-order valence-electron chi connectivity index (χ2n) is 7.50. The number of hydrogen-bond acceptors (Lipinski definition) is 5. The summed E-state index contributed by atoms with van der Waals surface area (Å²) in [6, 6.07) is 23.9. The number of ketones is 1. The third kappa shape index (κ3) is 5.22. The first kappa shape index (κ1) is 23.6. The highest BCUT2D eigenvalue weighted by molar-refractivity contribution is 7.22. The number of benzene rings is 3. The van der Waals surface area contributed by atoms with Gasteiger partial charge in [-0.25, -0.2) is 4.98 Å². The summed E-state index contributed by atoms with van der Waals surface area (Å²) in [5, 5.41) is 0.678. The molecule has 0 saturated heterocycles. The molecule has 0 aliphatic rings. The number of aromatic nitrogens is 1. The second-order valence-corrected chi connectivity index (χ2v) is 8.51. The highest BCUT2D eigenvalue weighted by atomic mass is 35.5. The molecule has 0 aliphatic carbocycles. The molecule has 1 heterocycles. The highest BCUT2D eigenvalue weighted by Gasteiger charge is 2.22. The molecule has 4 aromatic rings. The van der Waals surface area contributed by atoms with Crippen molar-refractivity contribution in [2.45, 2.75) is 0 Å². The number of carbonyl (C=O) groups is 2. The van der Waals surface area contributed by atoms with Gasteiger partial charge in [-0.3, -0.25) is 14.5 Å². The van der Waals surface area contributed by atoms with E-state index in [4.69, 9.17) is 0 Å². The van der Waals surface area contributed by atoms with Crippen molar-refractivity contribution in [2.24, 2.45) is 0 Å². The van der Waals surface area contributed by atoms with Gasteiger partial charge >= 0.3 is 0 Å². The van der Waals surface area contributed by atoms with Crippen molar-refractivity contribution >= 4 is 50.8 Å². The quantitative estimate of drug-likeness (QED) is 0.354. The van der Waals surface area contributed by atoms with Gasteiger partial charge in [0.2, 0.25) is 0 Å². The number of anilines is 1. The Kier molecular flexibility index (Phi) is 7.75. The van der Waals surface area contributed by atoms with Gasteiger partial charge in [-0.2, -0.15) is 0 Å². The molecule has 0 aliphatic heterocycles. The Balaban J connectivity index is 0.00000289. The molecule has 0 fully saturated rings. The smallest absolute Gasteiger partial charge is 0.260 e. The third-order valence-electron chi connectivity index (χ3n) is 4.96. The summed E-state index contributed by atoms with van der Waals surface area (Å²) >= 11 is 1.51. The van der Waals surface area contributed by atoms with Crippen LogP contribution in [0.4, 0.5) is 5.13 Å². The summed E-state index contributed by atoms with van der Waals surface area (Å²) in [6.45, 7) is 1.24. The molecule has 7 heteroatoms. The number of fused-ring (bicyclic) bond motifs is 1. The van der Waals surface area contributed by atoms with Crippen molar-refractivity contribution in [3.05, 3.63) is 95.6 Å². The average Bonchev–Trinajstić information content (AvgIpc) is 3.23. The third-order valence-corrected chi connectivity index (χ3v) is 6.02. The molecule has 32 heavy (non-hydrogen) atoms. The fraction of sp³-hybridized carbons (Fsp3) is 0.160. The van der Waals surface area contributed by atoms with Gasteiger partial charge < -0.3 is 4.90 Å². The van der Waals surface area contributed by atoms with Gasteiger partial charge in [0.05, 0.1) is 10.2 Å². The Morgan fingerprint density at radius 1 is 0.781 bits per heavy atom. The van der Waals surface area contributed by atoms with Gasteiger partial charge in [0, 0.05) is 29.8 Å². The van der Waals surface area contributed by atoms with E-state index in [0.29, 0.717) is 34.9 Å². The molecule has 5 nitrogen and oxygen atoms in total. The lowest BCUT2D eigenvalue weighted by molar-refractivity contribution is 0.0982. The maximum absolute atomic E-state index is 13.4. The van der Waals surface area contributed by atoms with Crippen LogP contribution in [0.1, 0.15) is 26.3 Å². The van der Waals surface area contributed by atoms with E-state index in [9.17, 15) is 9.59 Å². The van der Waals surface area contributed by atoms with E-state index in [1.54, 1.807) is 41.3 Å². The predicted molar refractivity (Wildman–Crippen MR) is 133 cm³/mol. The van der Waals surface area contributed by atoms with Crippen LogP contribution in [0.5, 0.6) is 0 Å². The SMILES string of the molecule is CN(C)CCN(C(=O)c1ccc(C(=O)c2ccccc2)cc1)c1nc2ccccc2s1.Cl. The first-order chi connectivity index (χ1) is 15.0. The number of amides is 1. The zero-order valence-electron chi connectivity index (χ0n) is 17.9. The molecule has 1 aromatic heterocycles. The standard InChI is InChI=1S/C25H23N3O2S.ClH/c1-27(2)16-17-28(25-26-21-10-6-7-11-22(21)31-25)24(30)20-14-12-19(13-15-20)23(29)18-8-4-3-5-9-18;/h3-15H,16-17H2,1-2H3;1H. The molecule has 3 aromatic carbocycles. The maximum atomic E-state index is 13.4. The molecule has 0 N–H and O–H groups in total. The number of carbonyl (C=O) groups excluding carboxylic acids is 2. The number of likely N-dealkylation sites (N-methyl/N-ethyl adjacent to an activating group) is 1. The maximum Gasteiger partial charge on any atom is 0.260 e. The van der Waals surface area contributed by atoms with E-state index < -0.39 is 0 Å². The van der Waals surface area contributed by atoms with Crippen molar-refractivity contribution in [2.75, 3.05) is 32.1 Å². The minimum Gasteiger partial charge on any atom is -0.308 e. The predicted octanol–water partition coefficient (Wildman–Crippen LogP) is 5.16. The van der Waals surface area contributed by atoms with E-state index in [2.05, 4.69) is 4.98 Å². The second kappa shape index (κ2) is 10.5. The number of nitrogens with zero attached hydrogens (tertiary/aromatic N) is 3. The molecule has 1 amide bonds. The van der Waals surface area contributed by atoms with E-state index in [1.807, 2.05) is 61.5 Å². The minimum absolute atomic E-state index is 0. The molecule has 0 unspecified atom stereocenters. The topological polar surface area (TPSA) is 53.5 Å². The molecule has 0 saturated carbocycles. The summed E-state index contributed by atoms with van der Waals surface area (Å²) in [5.74, 6) is -0.185. The Bertz CT molecular complexity index is 1170. The van der Waals surface area contributed by atoms with Crippen LogP contribution in [-0.2, 0) is 0 Å². The number of rotatable bonds is 7. The Hall–Kier alpha value is -3.06. The number of para-hydroxylation sites is 1. The van der Waals surface area contributed by atoms with Crippen molar-refractivity contribution in [3.63, 3.8) is 0 Å². The molecule has 0 bridgehead atoms.